The molecule has 6 heteroatoms. The Bertz CT molecular complexity index is 1510. The van der Waals surface area contributed by atoms with E-state index in [2.05, 4.69) is 65.8 Å². The van der Waals surface area contributed by atoms with Crippen LogP contribution in [-0.2, 0) is 32.2 Å². The Hall–Kier alpha value is -2.33. The zero-order chi connectivity index (χ0) is 27.2. The molecule has 2 atom stereocenters. The van der Waals surface area contributed by atoms with E-state index in [1.54, 1.807) is 11.3 Å². The number of rotatable bonds is 1. The van der Waals surface area contributed by atoms with Crippen molar-refractivity contribution in [2.24, 2.45) is 28.4 Å². The first-order chi connectivity index (χ1) is 17.9. The van der Waals surface area contributed by atoms with Crippen LogP contribution in [0.15, 0.2) is 24.3 Å². The van der Waals surface area contributed by atoms with E-state index in [1.165, 1.54) is 63.4 Å². The molecule has 2 N–H and O–H groups in total. The fourth-order valence-corrected chi connectivity index (χ4v) is 7.67. The molecule has 4 aromatic rings. The molecule has 0 aromatic carbocycles. The summed E-state index contributed by atoms with van der Waals surface area (Å²) >= 11 is 3.24. The minimum absolute atomic E-state index is 0.360. The minimum Gasteiger partial charge on any atom is -0.326 e. The number of aromatic nitrogens is 2. The third kappa shape index (κ3) is 5.66. The molecular formula is C32H40N4S2. The van der Waals surface area contributed by atoms with E-state index in [1.807, 2.05) is 6.07 Å². The second-order valence-electron chi connectivity index (χ2n) is 13.2. The molecule has 0 spiro atoms. The number of thiophene rings is 2. The number of hydrogen-bond acceptors (Lipinski definition) is 6. The maximum atomic E-state index is 8.99. The summed E-state index contributed by atoms with van der Waals surface area (Å²) in [6.45, 7) is 14.7. The van der Waals surface area contributed by atoms with Crippen molar-refractivity contribution in [3.05, 3.63) is 56.5 Å². The molecular weight excluding hydrogens is 505 g/mol. The van der Waals surface area contributed by atoms with Gasteiger partial charge in [0.05, 0.1) is 0 Å². The summed E-state index contributed by atoms with van der Waals surface area (Å²) in [6.07, 6.45) is 7.00. The highest BCUT2D eigenvalue weighted by atomic mass is 32.1. The van der Waals surface area contributed by atoms with Crippen molar-refractivity contribution < 1.29 is 0 Å². The summed E-state index contributed by atoms with van der Waals surface area (Å²) in [7, 11) is 0. The van der Waals surface area contributed by atoms with Crippen LogP contribution in [0.4, 0.5) is 0 Å². The van der Waals surface area contributed by atoms with Gasteiger partial charge in [0.1, 0.15) is 20.6 Å². The molecule has 0 aliphatic heterocycles. The van der Waals surface area contributed by atoms with Crippen LogP contribution in [0, 0.1) is 34.0 Å². The molecule has 6 rings (SSSR count). The van der Waals surface area contributed by atoms with Gasteiger partial charge in [0.25, 0.3) is 0 Å². The highest BCUT2D eigenvalue weighted by Crippen LogP contribution is 2.39. The van der Waals surface area contributed by atoms with Crippen molar-refractivity contribution >= 4 is 43.1 Å². The topological polar surface area (TPSA) is 75.6 Å². The van der Waals surface area contributed by atoms with E-state index < -0.39 is 0 Å². The molecule has 4 heterocycles. The Morgan fingerprint density at radius 2 is 1.32 bits per heavy atom. The number of nitrogens with zero attached hydrogens (tertiary/aromatic N) is 3. The number of nitriles is 1. The highest BCUT2D eigenvalue weighted by molar-refractivity contribution is 7.19. The number of nitrogens with two attached hydrogens (primary N) is 1. The van der Waals surface area contributed by atoms with E-state index in [9.17, 15) is 0 Å². The van der Waals surface area contributed by atoms with Gasteiger partial charge in [-0.25, -0.2) is 9.97 Å². The molecule has 0 amide bonds. The molecule has 38 heavy (non-hydrogen) atoms. The fraction of sp³-hybridized carbons (Fsp3) is 0.531. The normalized spacial score (nSPS) is 19.4. The zero-order valence-electron chi connectivity index (χ0n) is 23.6. The van der Waals surface area contributed by atoms with Gasteiger partial charge < -0.3 is 5.73 Å². The summed E-state index contributed by atoms with van der Waals surface area (Å²) in [6, 6.07) is 11.0. The lowest BCUT2D eigenvalue weighted by Gasteiger charge is -2.34. The van der Waals surface area contributed by atoms with Crippen LogP contribution in [0.25, 0.3) is 20.4 Å². The second-order valence-corrected chi connectivity index (χ2v) is 15.4. The average molecular weight is 545 g/mol. The molecule has 0 fully saturated rings. The third-order valence-electron chi connectivity index (χ3n) is 8.56. The smallest absolute Gasteiger partial charge is 0.124 e. The summed E-state index contributed by atoms with van der Waals surface area (Å²) in [5, 5.41) is 11.4. The molecule has 0 saturated carbocycles. The van der Waals surface area contributed by atoms with Crippen molar-refractivity contribution in [2.45, 2.75) is 86.6 Å². The lowest BCUT2D eigenvalue weighted by Crippen LogP contribution is -2.27. The number of fused-ring (bicyclic) bond motifs is 4. The molecule has 4 aromatic heterocycles. The number of pyridine rings is 2. The van der Waals surface area contributed by atoms with Crippen LogP contribution in [0.2, 0.25) is 0 Å². The molecule has 0 bridgehead atoms. The maximum absolute atomic E-state index is 8.99. The quantitative estimate of drug-likeness (QED) is 0.262. The van der Waals surface area contributed by atoms with Crippen LogP contribution < -0.4 is 5.73 Å². The first kappa shape index (κ1) is 27.2. The van der Waals surface area contributed by atoms with Crippen LogP contribution in [0.1, 0.15) is 86.7 Å². The SMILES string of the molecule is CC(C)(C)C1CCc2nc3sc(C#N)cc3cc2C1.CC(C)(C)C1CCc2nc3sc(CN)cc3cc2C1. The molecule has 0 radical (unpaired) electrons. The van der Waals surface area contributed by atoms with Gasteiger partial charge in [-0.05, 0) is 96.6 Å². The lowest BCUT2D eigenvalue weighted by atomic mass is 9.71. The van der Waals surface area contributed by atoms with Crippen LogP contribution in [0.3, 0.4) is 0 Å². The van der Waals surface area contributed by atoms with Crippen molar-refractivity contribution in [3.8, 4) is 6.07 Å². The van der Waals surface area contributed by atoms with Gasteiger partial charge in [0.2, 0.25) is 0 Å². The molecule has 2 aliphatic carbocycles. The van der Waals surface area contributed by atoms with Gasteiger partial charge in [-0.3, -0.25) is 0 Å². The van der Waals surface area contributed by atoms with Gasteiger partial charge in [0.15, 0.2) is 0 Å². The molecule has 200 valence electrons. The Morgan fingerprint density at radius 1 is 0.816 bits per heavy atom. The van der Waals surface area contributed by atoms with Gasteiger partial charge in [-0.1, -0.05) is 41.5 Å². The highest BCUT2D eigenvalue weighted by Gasteiger charge is 2.30. The van der Waals surface area contributed by atoms with E-state index in [-0.39, 0.29) is 0 Å². The van der Waals surface area contributed by atoms with E-state index in [4.69, 9.17) is 21.0 Å². The Labute approximate surface area is 235 Å². The zero-order valence-corrected chi connectivity index (χ0v) is 25.3. The summed E-state index contributed by atoms with van der Waals surface area (Å²) in [5.41, 5.74) is 11.9. The Kier molecular flexibility index (Phi) is 7.41. The molecule has 4 nitrogen and oxygen atoms in total. The first-order valence-electron chi connectivity index (χ1n) is 13.9. The van der Waals surface area contributed by atoms with E-state index in [0.717, 1.165) is 51.0 Å². The summed E-state index contributed by atoms with van der Waals surface area (Å²) in [4.78, 5) is 13.8. The standard InChI is InChI=1S/C16H22N2S.C16H18N2S/c2*1-16(2,3)12-4-5-14-10(7-12)6-11-8-13(9-17)19-15(11)18-14/h6,8,12H,4-5,7,9,17H2,1-3H3;6,8,12H,4-5,7H2,1-3H3. The second kappa shape index (κ2) is 10.3. The third-order valence-corrected chi connectivity index (χ3v) is 10.6. The van der Waals surface area contributed by atoms with Crippen molar-refractivity contribution in [2.75, 3.05) is 0 Å². The first-order valence-corrected chi connectivity index (χ1v) is 15.5. The van der Waals surface area contributed by atoms with Gasteiger partial charge in [0, 0.05) is 33.6 Å². The Balaban J connectivity index is 0.000000155. The number of hydrogen-bond donors (Lipinski definition) is 1. The summed E-state index contributed by atoms with van der Waals surface area (Å²) < 4.78 is 0. The minimum atomic E-state index is 0.360. The predicted octanol–water partition coefficient (Wildman–Crippen LogP) is 8.22. The van der Waals surface area contributed by atoms with E-state index in [0.29, 0.717) is 17.4 Å². The maximum Gasteiger partial charge on any atom is 0.124 e. The van der Waals surface area contributed by atoms with E-state index >= 15 is 0 Å². The summed E-state index contributed by atoms with van der Waals surface area (Å²) in [5.74, 6) is 1.50. The lowest BCUT2D eigenvalue weighted by molar-refractivity contribution is 0.215. The largest absolute Gasteiger partial charge is 0.326 e. The van der Waals surface area contributed by atoms with Crippen molar-refractivity contribution in [1.29, 1.82) is 5.26 Å². The molecule has 2 unspecified atom stereocenters. The molecule has 2 aliphatic rings. The number of aryl methyl sites for hydroxylation is 2. The van der Waals surface area contributed by atoms with Crippen molar-refractivity contribution in [1.82, 2.24) is 9.97 Å². The van der Waals surface area contributed by atoms with Crippen LogP contribution in [0.5, 0.6) is 0 Å². The fourth-order valence-electron chi connectivity index (χ4n) is 5.93. The van der Waals surface area contributed by atoms with Gasteiger partial charge in [-0.15, -0.1) is 22.7 Å². The van der Waals surface area contributed by atoms with Gasteiger partial charge >= 0.3 is 0 Å². The average Bonchev–Trinajstić information content (AvgIpc) is 3.46. The van der Waals surface area contributed by atoms with Crippen LogP contribution in [-0.4, -0.2) is 9.97 Å². The molecule has 0 saturated heterocycles. The predicted molar refractivity (Wildman–Crippen MR) is 162 cm³/mol. The van der Waals surface area contributed by atoms with Crippen molar-refractivity contribution in [3.63, 3.8) is 0 Å². The van der Waals surface area contributed by atoms with Crippen LogP contribution >= 0.6 is 22.7 Å². The van der Waals surface area contributed by atoms with Gasteiger partial charge in [-0.2, -0.15) is 5.26 Å². The monoisotopic (exact) mass is 544 g/mol. The Morgan fingerprint density at radius 3 is 1.79 bits per heavy atom.